The lowest BCUT2D eigenvalue weighted by atomic mass is 10.0. The minimum absolute atomic E-state index is 0.129. The van der Waals surface area contributed by atoms with E-state index in [0.717, 1.165) is 22.2 Å². The average molecular weight is 627 g/mol. The monoisotopic (exact) mass is 625 g/mol. The van der Waals surface area contributed by atoms with E-state index in [0.29, 0.717) is 27.9 Å². The van der Waals surface area contributed by atoms with Crippen LogP contribution in [-0.2, 0) is 20.6 Å². The second-order valence-corrected chi connectivity index (χ2v) is 24.1. The fraction of sp³-hybridized carbons (Fsp3) is 0.433. The third-order valence-electron chi connectivity index (χ3n) is 8.86. The minimum Gasteiger partial charge on any atom is -0.413 e. The summed E-state index contributed by atoms with van der Waals surface area (Å²) in [6, 6.07) is 11.8. The number of aromatic amines is 1. The van der Waals surface area contributed by atoms with Crippen LogP contribution in [-0.4, -0.2) is 42.9 Å². The maximum absolute atomic E-state index is 14.1. The van der Waals surface area contributed by atoms with Gasteiger partial charge in [-0.2, -0.15) is 0 Å². The number of nitrogens with zero attached hydrogens (tertiary/aromatic N) is 2. The van der Waals surface area contributed by atoms with Crippen LogP contribution in [0.2, 0.25) is 36.3 Å². The second kappa shape index (κ2) is 9.94. The van der Waals surface area contributed by atoms with Crippen LogP contribution in [0.15, 0.2) is 47.1 Å². The van der Waals surface area contributed by atoms with E-state index in [9.17, 15) is 9.59 Å². The Morgan fingerprint density at radius 1 is 0.923 bits per heavy atom. The Morgan fingerprint density at radius 2 is 1.56 bits per heavy atom. The molecule has 0 fully saturated rings. The number of halogens is 1. The Balaban J connectivity index is 1.77. The molecule has 0 bridgehead atoms. The molecule has 0 radical (unpaired) electrons. The van der Waals surface area contributed by atoms with Gasteiger partial charge in [0.1, 0.15) is 0 Å². The average Bonchev–Trinajstić information content (AvgIpc) is 3.31. The maximum Gasteiger partial charge on any atom is 0.260 e. The molecular formula is C30H40BrN3O3Si2. The summed E-state index contributed by atoms with van der Waals surface area (Å²) in [5, 5.41) is 0.822. The summed E-state index contributed by atoms with van der Waals surface area (Å²) < 4.78 is 8.23. The predicted molar refractivity (Wildman–Crippen MR) is 168 cm³/mol. The molecule has 39 heavy (non-hydrogen) atoms. The van der Waals surface area contributed by atoms with Gasteiger partial charge >= 0.3 is 0 Å². The van der Waals surface area contributed by atoms with Gasteiger partial charge in [-0.3, -0.25) is 14.6 Å². The molecule has 3 aromatic rings. The van der Waals surface area contributed by atoms with Crippen LogP contribution in [0.25, 0.3) is 27.9 Å². The van der Waals surface area contributed by atoms with Crippen molar-refractivity contribution in [3.05, 3.63) is 58.2 Å². The number of amides is 2. The van der Waals surface area contributed by atoms with Gasteiger partial charge in [-0.05, 0) is 56.8 Å². The SMILES string of the molecule is CC(C)(C)[Si](C)(C)OCc1ccc(-c2[nH]c3ccccc3c2C2=C(Br)C(=O)N([Si](C)(C)C(C)(C)C)C2=O)nc1. The first-order valence-electron chi connectivity index (χ1n) is 13.4. The lowest BCUT2D eigenvalue weighted by molar-refractivity contribution is -0.131. The van der Waals surface area contributed by atoms with Crippen LogP contribution >= 0.6 is 15.9 Å². The van der Waals surface area contributed by atoms with Gasteiger partial charge in [-0.15, -0.1) is 0 Å². The third-order valence-corrected chi connectivity index (χ3v) is 19.3. The zero-order valence-corrected chi connectivity index (χ0v) is 28.3. The number of hydrogen-bond donors (Lipinski definition) is 1. The summed E-state index contributed by atoms with van der Waals surface area (Å²) in [5.41, 5.74) is 4.40. The van der Waals surface area contributed by atoms with Crippen molar-refractivity contribution in [2.24, 2.45) is 0 Å². The zero-order chi connectivity index (χ0) is 29.1. The van der Waals surface area contributed by atoms with Crippen molar-refractivity contribution in [3.8, 4) is 11.4 Å². The Kier molecular flexibility index (Phi) is 7.55. The van der Waals surface area contributed by atoms with Crippen molar-refractivity contribution >= 4 is 60.8 Å². The summed E-state index contributed by atoms with van der Waals surface area (Å²) in [4.78, 5) is 35.9. The highest BCUT2D eigenvalue weighted by molar-refractivity contribution is 9.12. The molecule has 208 valence electrons. The van der Waals surface area contributed by atoms with Gasteiger partial charge in [0.2, 0.25) is 0 Å². The number of benzene rings is 1. The van der Waals surface area contributed by atoms with E-state index in [4.69, 9.17) is 9.41 Å². The highest BCUT2D eigenvalue weighted by Crippen LogP contribution is 2.47. The zero-order valence-electron chi connectivity index (χ0n) is 24.7. The first-order chi connectivity index (χ1) is 17.9. The predicted octanol–water partition coefficient (Wildman–Crippen LogP) is 8.23. The minimum atomic E-state index is -2.48. The van der Waals surface area contributed by atoms with Gasteiger partial charge in [-0.1, -0.05) is 78.9 Å². The molecule has 1 N–H and O–H groups in total. The number of hydrogen-bond acceptors (Lipinski definition) is 4. The number of pyridine rings is 1. The molecule has 0 saturated heterocycles. The molecule has 0 aliphatic carbocycles. The quantitative estimate of drug-likeness (QED) is 0.221. The van der Waals surface area contributed by atoms with Crippen molar-refractivity contribution in [2.45, 2.75) is 84.4 Å². The number of imide groups is 1. The van der Waals surface area contributed by atoms with Crippen LogP contribution < -0.4 is 0 Å². The molecule has 1 aliphatic rings. The molecular weight excluding hydrogens is 586 g/mol. The third kappa shape index (κ3) is 5.14. The van der Waals surface area contributed by atoms with Crippen LogP contribution in [0.5, 0.6) is 0 Å². The first kappa shape index (κ1) is 29.6. The molecule has 0 unspecified atom stereocenters. The van der Waals surface area contributed by atoms with E-state index in [1.165, 1.54) is 4.57 Å². The smallest absolute Gasteiger partial charge is 0.260 e. The molecule has 2 amide bonds. The topological polar surface area (TPSA) is 75.3 Å². The van der Waals surface area contributed by atoms with E-state index in [1.54, 1.807) is 0 Å². The Labute approximate surface area is 242 Å². The van der Waals surface area contributed by atoms with E-state index in [-0.39, 0.29) is 21.9 Å². The van der Waals surface area contributed by atoms with Gasteiger partial charge in [0.05, 0.1) is 28.1 Å². The molecule has 6 nitrogen and oxygen atoms in total. The standard InChI is InChI=1S/C30H40BrN3O3Si2/c1-29(2,3)38(7,8)34-27(35)24(25(31)28(34)36)23-20-13-11-12-14-21(20)33-26(23)22-16-15-19(17-32-22)18-37-39(9,10)30(4,5)6/h11-17,33H,18H2,1-10H3. The number of fused-ring (bicyclic) bond motifs is 1. The largest absolute Gasteiger partial charge is 0.413 e. The van der Waals surface area contributed by atoms with Crippen LogP contribution in [0.3, 0.4) is 0 Å². The van der Waals surface area contributed by atoms with Crippen LogP contribution in [0, 0.1) is 0 Å². The number of aromatic nitrogens is 2. The number of para-hydroxylation sites is 1. The van der Waals surface area contributed by atoms with Crippen molar-refractivity contribution in [1.82, 2.24) is 14.5 Å². The molecule has 0 spiro atoms. The molecule has 0 saturated carbocycles. The van der Waals surface area contributed by atoms with Crippen LogP contribution in [0.1, 0.15) is 52.7 Å². The number of carbonyl (C=O) groups excluding carboxylic acids is 2. The molecule has 2 aromatic heterocycles. The first-order valence-corrected chi connectivity index (χ1v) is 20.0. The van der Waals surface area contributed by atoms with Crippen molar-refractivity contribution in [2.75, 3.05) is 0 Å². The molecule has 1 aliphatic heterocycles. The fourth-order valence-corrected chi connectivity index (χ4v) is 7.87. The summed E-state index contributed by atoms with van der Waals surface area (Å²) in [7, 11) is -4.37. The van der Waals surface area contributed by atoms with Crippen LogP contribution in [0.4, 0.5) is 0 Å². The molecule has 9 heteroatoms. The number of carbonyl (C=O) groups is 2. The van der Waals surface area contributed by atoms with E-state index >= 15 is 0 Å². The Bertz CT molecular complexity index is 1480. The summed E-state index contributed by atoms with van der Waals surface area (Å²) >= 11 is 3.53. The fourth-order valence-electron chi connectivity index (χ4n) is 4.29. The van der Waals surface area contributed by atoms with Gasteiger partial charge in [0, 0.05) is 22.7 Å². The van der Waals surface area contributed by atoms with Crippen molar-refractivity contribution in [1.29, 1.82) is 0 Å². The van der Waals surface area contributed by atoms with E-state index in [1.807, 2.05) is 42.6 Å². The van der Waals surface area contributed by atoms with Gasteiger partial charge < -0.3 is 14.0 Å². The van der Waals surface area contributed by atoms with Crippen molar-refractivity contribution in [3.63, 3.8) is 0 Å². The Morgan fingerprint density at radius 3 is 2.13 bits per heavy atom. The molecule has 1 aromatic carbocycles. The number of H-pyrrole nitrogens is 1. The molecule has 0 atom stereocenters. The lowest BCUT2D eigenvalue weighted by Gasteiger charge is -2.42. The normalized spacial score (nSPS) is 15.7. The number of nitrogens with one attached hydrogen (secondary N) is 1. The second-order valence-electron chi connectivity index (χ2n) is 13.5. The van der Waals surface area contributed by atoms with E-state index < -0.39 is 16.6 Å². The highest BCUT2D eigenvalue weighted by atomic mass is 79.9. The Hall–Kier alpha value is -2.34. The van der Waals surface area contributed by atoms with Gasteiger partial charge in [0.25, 0.3) is 11.8 Å². The highest BCUT2D eigenvalue weighted by Gasteiger charge is 2.52. The van der Waals surface area contributed by atoms with Gasteiger partial charge in [0.15, 0.2) is 16.6 Å². The molecule has 3 heterocycles. The summed E-state index contributed by atoms with van der Waals surface area (Å²) in [6.07, 6.45) is 1.84. The summed E-state index contributed by atoms with van der Waals surface area (Å²) in [5.74, 6) is -0.507. The molecule has 4 rings (SSSR count). The van der Waals surface area contributed by atoms with E-state index in [2.05, 4.69) is 88.6 Å². The summed E-state index contributed by atoms with van der Waals surface area (Å²) in [6.45, 7) is 22.1. The van der Waals surface area contributed by atoms with Crippen molar-refractivity contribution < 1.29 is 14.0 Å². The lowest BCUT2D eigenvalue weighted by Crippen LogP contribution is -2.57. The maximum atomic E-state index is 14.1. The number of rotatable bonds is 6. The van der Waals surface area contributed by atoms with Gasteiger partial charge in [-0.25, -0.2) is 0 Å².